The predicted octanol–water partition coefficient (Wildman–Crippen LogP) is 2.08. The van der Waals surface area contributed by atoms with Gasteiger partial charge >= 0.3 is 0 Å². The number of nitrogens with one attached hydrogen (secondary N) is 1. The zero-order valence-electron chi connectivity index (χ0n) is 11.2. The summed E-state index contributed by atoms with van der Waals surface area (Å²) in [6, 6.07) is 4.86. The third kappa shape index (κ3) is 3.64. The van der Waals surface area contributed by atoms with Crippen LogP contribution in [0, 0.1) is 0 Å². The number of rotatable bonds is 5. The minimum Gasteiger partial charge on any atom is -0.496 e. The number of ether oxygens (including phenoxy) is 1. The van der Waals surface area contributed by atoms with Crippen molar-refractivity contribution in [1.82, 2.24) is 10.2 Å². The number of alkyl halides is 2. The van der Waals surface area contributed by atoms with E-state index >= 15 is 0 Å². The third-order valence-corrected chi connectivity index (χ3v) is 3.51. The van der Waals surface area contributed by atoms with E-state index < -0.39 is 6.43 Å². The van der Waals surface area contributed by atoms with E-state index in [2.05, 4.69) is 10.2 Å². The van der Waals surface area contributed by atoms with E-state index in [9.17, 15) is 8.78 Å². The van der Waals surface area contributed by atoms with Gasteiger partial charge in [0.15, 0.2) is 0 Å². The Morgan fingerprint density at radius 1 is 1.32 bits per heavy atom. The molecule has 0 radical (unpaired) electrons. The van der Waals surface area contributed by atoms with Crippen LogP contribution in [0.4, 0.5) is 8.78 Å². The van der Waals surface area contributed by atoms with E-state index in [1.165, 1.54) is 13.2 Å². The molecule has 0 amide bonds. The summed E-state index contributed by atoms with van der Waals surface area (Å²) < 4.78 is 31.3. The molecule has 3 nitrogen and oxygen atoms in total. The highest BCUT2D eigenvalue weighted by molar-refractivity contribution is 5.41. The quantitative estimate of drug-likeness (QED) is 0.886. The fourth-order valence-corrected chi connectivity index (χ4v) is 2.45. The first kappa shape index (κ1) is 14.2. The number of methoxy groups -OCH3 is 1. The number of benzene rings is 1. The van der Waals surface area contributed by atoms with E-state index in [-0.39, 0.29) is 5.56 Å². The van der Waals surface area contributed by atoms with Gasteiger partial charge in [-0.05, 0) is 12.5 Å². The number of hydrogen-bond donors (Lipinski definition) is 1. The summed E-state index contributed by atoms with van der Waals surface area (Å²) in [7, 11) is 1.53. The zero-order valence-corrected chi connectivity index (χ0v) is 11.2. The first-order valence-electron chi connectivity index (χ1n) is 6.59. The van der Waals surface area contributed by atoms with Crippen LogP contribution in [-0.2, 0) is 6.42 Å². The Morgan fingerprint density at radius 2 is 2.05 bits per heavy atom. The van der Waals surface area contributed by atoms with Gasteiger partial charge in [0, 0.05) is 43.9 Å². The summed E-state index contributed by atoms with van der Waals surface area (Å²) in [5, 5.41) is 3.28. The molecule has 1 aliphatic heterocycles. The molecule has 0 atom stereocenters. The van der Waals surface area contributed by atoms with Crippen LogP contribution in [0.25, 0.3) is 0 Å². The summed E-state index contributed by atoms with van der Waals surface area (Å²) in [4.78, 5) is 2.29. The molecule has 0 aromatic heterocycles. The predicted molar refractivity (Wildman–Crippen MR) is 71.0 cm³/mol. The van der Waals surface area contributed by atoms with Crippen LogP contribution in [0.1, 0.15) is 17.6 Å². The van der Waals surface area contributed by atoms with Gasteiger partial charge < -0.3 is 15.0 Å². The van der Waals surface area contributed by atoms with Crippen molar-refractivity contribution < 1.29 is 13.5 Å². The summed E-state index contributed by atoms with van der Waals surface area (Å²) in [5.74, 6) is 0.563. The molecule has 1 aliphatic rings. The molecule has 1 saturated heterocycles. The molecule has 1 aromatic carbocycles. The van der Waals surface area contributed by atoms with Crippen LogP contribution in [0.2, 0.25) is 0 Å². The molecule has 1 aromatic rings. The molecule has 2 rings (SSSR count). The van der Waals surface area contributed by atoms with Gasteiger partial charge in [-0.3, -0.25) is 0 Å². The fourth-order valence-electron chi connectivity index (χ4n) is 2.45. The van der Waals surface area contributed by atoms with E-state index in [0.717, 1.165) is 32.7 Å². The highest BCUT2D eigenvalue weighted by Crippen LogP contribution is 2.30. The van der Waals surface area contributed by atoms with Crippen molar-refractivity contribution in [2.24, 2.45) is 0 Å². The van der Waals surface area contributed by atoms with Crippen molar-refractivity contribution in [2.75, 3.05) is 39.8 Å². The molecule has 0 spiro atoms. The topological polar surface area (TPSA) is 24.5 Å². The van der Waals surface area contributed by atoms with Gasteiger partial charge in [-0.1, -0.05) is 12.1 Å². The molecule has 0 aliphatic carbocycles. The highest BCUT2D eigenvalue weighted by atomic mass is 19.3. The Morgan fingerprint density at radius 3 is 2.68 bits per heavy atom. The van der Waals surface area contributed by atoms with Gasteiger partial charge in [-0.2, -0.15) is 0 Å². The Balaban J connectivity index is 2.08. The van der Waals surface area contributed by atoms with E-state index in [4.69, 9.17) is 4.74 Å². The third-order valence-electron chi connectivity index (χ3n) is 3.51. The summed E-state index contributed by atoms with van der Waals surface area (Å²) in [6.45, 7) is 4.67. The van der Waals surface area contributed by atoms with E-state index in [0.29, 0.717) is 17.7 Å². The Hall–Kier alpha value is -1.20. The summed E-state index contributed by atoms with van der Waals surface area (Å²) in [6.07, 6.45) is -1.85. The van der Waals surface area contributed by atoms with E-state index in [1.807, 2.05) is 0 Å². The lowest BCUT2D eigenvalue weighted by Crippen LogP contribution is -2.44. The van der Waals surface area contributed by atoms with Crippen molar-refractivity contribution in [2.45, 2.75) is 12.8 Å². The zero-order chi connectivity index (χ0) is 13.7. The second-order valence-corrected chi connectivity index (χ2v) is 4.67. The summed E-state index contributed by atoms with van der Waals surface area (Å²) >= 11 is 0. The molecule has 106 valence electrons. The molecule has 1 fully saturated rings. The molecule has 19 heavy (non-hydrogen) atoms. The molecule has 5 heteroatoms. The monoisotopic (exact) mass is 270 g/mol. The van der Waals surface area contributed by atoms with Crippen molar-refractivity contribution in [3.05, 3.63) is 29.3 Å². The van der Waals surface area contributed by atoms with Gasteiger partial charge in [0.2, 0.25) is 0 Å². The molecule has 0 bridgehead atoms. The Labute approximate surface area is 112 Å². The van der Waals surface area contributed by atoms with Crippen molar-refractivity contribution in [1.29, 1.82) is 0 Å². The second-order valence-electron chi connectivity index (χ2n) is 4.67. The first-order valence-corrected chi connectivity index (χ1v) is 6.59. The van der Waals surface area contributed by atoms with Gasteiger partial charge in [0.1, 0.15) is 5.75 Å². The summed E-state index contributed by atoms with van der Waals surface area (Å²) in [5.41, 5.74) is 0.730. The lowest BCUT2D eigenvalue weighted by molar-refractivity contribution is 0.149. The SMILES string of the molecule is COc1cccc(C(F)F)c1CCN1CCNCC1. The largest absolute Gasteiger partial charge is 0.496 e. The van der Waals surface area contributed by atoms with Gasteiger partial charge in [0.05, 0.1) is 7.11 Å². The van der Waals surface area contributed by atoms with Gasteiger partial charge in [0.25, 0.3) is 6.43 Å². The minimum absolute atomic E-state index is 0.0921. The fraction of sp³-hybridized carbons (Fsp3) is 0.571. The molecular formula is C14H20F2N2O. The number of halogens is 2. The first-order chi connectivity index (χ1) is 9.22. The maximum atomic E-state index is 13.0. The normalized spacial score (nSPS) is 16.8. The maximum absolute atomic E-state index is 13.0. The molecule has 1 N–H and O–H groups in total. The van der Waals surface area contributed by atoms with Crippen LogP contribution in [0.3, 0.4) is 0 Å². The smallest absolute Gasteiger partial charge is 0.264 e. The van der Waals surface area contributed by atoms with Crippen LogP contribution >= 0.6 is 0 Å². The van der Waals surface area contributed by atoms with Gasteiger partial charge in [-0.25, -0.2) is 8.78 Å². The molecule has 0 unspecified atom stereocenters. The molecule has 0 saturated carbocycles. The minimum atomic E-state index is -2.45. The lowest BCUT2D eigenvalue weighted by atomic mass is 10.0. The van der Waals surface area contributed by atoms with Crippen molar-refractivity contribution in [3.63, 3.8) is 0 Å². The average molecular weight is 270 g/mol. The maximum Gasteiger partial charge on any atom is 0.264 e. The highest BCUT2D eigenvalue weighted by Gasteiger charge is 2.18. The average Bonchev–Trinajstić information content (AvgIpc) is 2.45. The second kappa shape index (κ2) is 6.82. The molecular weight excluding hydrogens is 250 g/mol. The van der Waals surface area contributed by atoms with E-state index in [1.54, 1.807) is 12.1 Å². The van der Waals surface area contributed by atoms with Crippen LogP contribution in [-0.4, -0.2) is 44.7 Å². The Kier molecular flexibility index (Phi) is 5.10. The van der Waals surface area contributed by atoms with Crippen LogP contribution in [0.15, 0.2) is 18.2 Å². The number of nitrogens with zero attached hydrogens (tertiary/aromatic N) is 1. The Bertz CT molecular complexity index is 406. The van der Waals surface area contributed by atoms with Crippen molar-refractivity contribution >= 4 is 0 Å². The van der Waals surface area contributed by atoms with Crippen LogP contribution < -0.4 is 10.1 Å². The number of hydrogen-bond acceptors (Lipinski definition) is 3. The van der Waals surface area contributed by atoms with Crippen molar-refractivity contribution in [3.8, 4) is 5.75 Å². The standard InChI is InChI=1S/C14H20F2N2O/c1-19-13-4-2-3-12(14(15)16)11(13)5-8-18-9-6-17-7-10-18/h2-4,14,17H,5-10H2,1H3. The molecule has 1 heterocycles. The van der Waals surface area contributed by atoms with Crippen LogP contribution in [0.5, 0.6) is 5.75 Å². The number of piperazine rings is 1. The van der Waals surface area contributed by atoms with Gasteiger partial charge in [-0.15, -0.1) is 0 Å². The lowest BCUT2D eigenvalue weighted by Gasteiger charge is -2.27.